The molecule has 0 spiro atoms. The lowest BCUT2D eigenvalue weighted by Gasteiger charge is -2.24. The Kier molecular flexibility index (Phi) is 8.17. The van der Waals surface area contributed by atoms with Gasteiger partial charge in [-0.15, -0.1) is 0 Å². The molecular weight excluding hydrogens is 384 g/mol. The second kappa shape index (κ2) is 11.3. The van der Waals surface area contributed by atoms with Crippen LogP contribution >= 0.6 is 0 Å². The highest BCUT2D eigenvalue weighted by molar-refractivity contribution is 5.77. The lowest BCUT2D eigenvalue weighted by Crippen LogP contribution is -2.24. The molecule has 0 amide bonds. The van der Waals surface area contributed by atoms with Crippen LogP contribution in [0.25, 0.3) is 11.0 Å². The topological polar surface area (TPSA) is 72.0 Å². The zero-order valence-electron chi connectivity index (χ0n) is 18.7. The summed E-state index contributed by atoms with van der Waals surface area (Å²) < 4.78 is 2.34. The maximum atomic E-state index is 4.82. The Bertz CT molecular complexity index is 973. The van der Waals surface area contributed by atoms with Crippen LogP contribution in [0.5, 0.6) is 0 Å². The van der Waals surface area contributed by atoms with Crippen molar-refractivity contribution >= 4 is 28.4 Å². The molecule has 6 heteroatoms. The largest absolute Gasteiger partial charge is 0.372 e. The molecule has 1 saturated carbocycles. The average Bonchev–Trinajstić information content (AvgIpc) is 3.44. The number of hydrogen-bond acceptors (Lipinski definition) is 5. The Hall–Kier alpha value is -3.20. The minimum atomic E-state index is 0.586. The van der Waals surface area contributed by atoms with Crippen molar-refractivity contribution in [3.63, 3.8) is 0 Å². The molecule has 0 atom stereocenters. The molecule has 1 aliphatic rings. The van der Waals surface area contributed by atoms with Crippen LogP contribution < -0.4 is 16.0 Å². The number of aromatic nitrogens is 3. The van der Waals surface area contributed by atoms with Gasteiger partial charge in [0, 0.05) is 48.3 Å². The van der Waals surface area contributed by atoms with Crippen LogP contribution in [0.1, 0.15) is 58.4 Å². The summed E-state index contributed by atoms with van der Waals surface area (Å²) in [4.78, 5) is 11.8. The van der Waals surface area contributed by atoms with E-state index in [9.17, 15) is 0 Å². The predicted octanol–water partition coefficient (Wildman–Crippen LogP) is 5.45. The lowest BCUT2D eigenvalue weighted by molar-refractivity contribution is 0.532. The average molecular weight is 419 g/mol. The zero-order valence-corrected chi connectivity index (χ0v) is 18.7. The number of terminal acetylenes is 1. The molecule has 0 radical (unpaired) electrons. The summed E-state index contributed by atoms with van der Waals surface area (Å²) >= 11 is 0. The normalized spacial score (nSPS) is 13.5. The second-order valence-corrected chi connectivity index (χ2v) is 7.96. The van der Waals surface area contributed by atoms with Gasteiger partial charge in [0.1, 0.15) is 5.65 Å². The van der Waals surface area contributed by atoms with Crippen molar-refractivity contribution < 1.29 is 0 Å². The number of fused-ring (bicyclic) bond motifs is 1. The van der Waals surface area contributed by atoms with E-state index in [0.717, 1.165) is 42.7 Å². The Morgan fingerprint density at radius 2 is 1.77 bits per heavy atom. The van der Waals surface area contributed by atoms with E-state index in [4.69, 9.17) is 4.98 Å². The molecule has 2 aromatic heterocycles. The quantitative estimate of drug-likeness (QED) is 0.376. The predicted molar refractivity (Wildman–Crippen MR) is 131 cm³/mol. The number of benzene rings is 1. The first-order chi connectivity index (χ1) is 15.2. The van der Waals surface area contributed by atoms with Crippen molar-refractivity contribution in [3.8, 4) is 12.5 Å². The molecule has 3 N–H and O–H groups in total. The highest BCUT2D eigenvalue weighted by atomic mass is 15.2. The van der Waals surface area contributed by atoms with Crippen molar-refractivity contribution in [1.82, 2.24) is 14.5 Å². The monoisotopic (exact) mass is 418 g/mol. The van der Waals surface area contributed by atoms with E-state index in [-0.39, 0.29) is 0 Å². The fourth-order valence-electron chi connectivity index (χ4n) is 4.27. The van der Waals surface area contributed by atoms with Crippen LogP contribution in [0.3, 0.4) is 0 Å². The fraction of sp³-hybridized carbons (Fsp3) is 0.440. The van der Waals surface area contributed by atoms with E-state index in [1.807, 2.05) is 6.20 Å². The van der Waals surface area contributed by atoms with Crippen molar-refractivity contribution in [2.24, 2.45) is 5.73 Å². The number of nitrogens with zero attached hydrogens (tertiary/aromatic N) is 4. The van der Waals surface area contributed by atoms with E-state index in [2.05, 4.69) is 82.3 Å². The van der Waals surface area contributed by atoms with Gasteiger partial charge in [-0.05, 0) is 62.1 Å². The number of hydrogen-bond donors (Lipinski definition) is 2. The van der Waals surface area contributed by atoms with Gasteiger partial charge >= 0.3 is 0 Å². The molecule has 0 bridgehead atoms. The van der Waals surface area contributed by atoms with Gasteiger partial charge in [0.2, 0.25) is 5.95 Å². The van der Waals surface area contributed by atoms with Gasteiger partial charge in [0.05, 0.1) is 0 Å². The smallest absolute Gasteiger partial charge is 0.229 e. The summed E-state index contributed by atoms with van der Waals surface area (Å²) in [6.07, 6.45) is 15.9. The number of anilines is 3. The van der Waals surface area contributed by atoms with Gasteiger partial charge in [-0.25, -0.2) is 4.98 Å². The Balaban J connectivity index is 0.000000858. The van der Waals surface area contributed by atoms with Crippen LogP contribution in [-0.4, -0.2) is 27.6 Å². The Morgan fingerprint density at radius 1 is 1.13 bits per heavy atom. The van der Waals surface area contributed by atoms with Gasteiger partial charge in [-0.3, -0.25) is 0 Å². The summed E-state index contributed by atoms with van der Waals surface area (Å²) in [6.45, 7) is 6.65. The van der Waals surface area contributed by atoms with Crippen molar-refractivity contribution in [2.45, 2.75) is 58.4 Å². The number of nitrogens with two attached hydrogens (primary N) is 1. The van der Waals surface area contributed by atoms with Crippen LogP contribution in [-0.2, 0) is 0 Å². The van der Waals surface area contributed by atoms with Gasteiger partial charge < -0.3 is 20.5 Å². The highest BCUT2D eigenvalue weighted by Crippen LogP contribution is 2.32. The first kappa shape index (κ1) is 22.5. The molecule has 6 nitrogen and oxygen atoms in total. The molecule has 1 aromatic carbocycles. The minimum Gasteiger partial charge on any atom is -0.372 e. The molecule has 3 aromatic rings. The van der Waals surface area contributed by atoms with Crippen molar-refractivity contribution in [3.05, 3.63) is 42.7 Å². The molecule has 0 unspecified atom stereocenters. The molecule has 1 aliphatic carbocycles. The molecule has 2 heterocycles. The maximum absolute atomic E-state index is 4.82. The van der Waals surface area contributed by atoms with Crippen molar-refractivity contribution in [2.75, 3.05) is 23.3 Å². The molecule has 1 fully saturated rings. The van der Waals surface area contributed by atoms with Crippen molar-refractivity contribution in [1.29, 1.82) is 0 Å². The van der Waals surface area contributed by atoms with E-state index in [1.165, 1.54) is 31.4 Å². The molecule has 164 valence electrons. The summed E-state index contributed by atoms with van der Waals surface area (Å²) in [6, 6.07) is 13.1. The van der Waals surface area contributed by atoms with Crippen LogP contribution in [0.15, 0.2) is 42.7 Å². The standard InChI is InChI=1S/C23H31N5.C2H3N/c1-3-14-27(15-4-2)20-11-9-19(10-12-20)25-23-24-17-18-13-16-28(22(18)26-23)21-7-5-6-8-21;1-2-3/h9-13,16-17,21H,3-8,14-15H2,1-2H3,(H,24,25,26);1H,3H2. The summed E-state index contributed by atoms with van der Waals surface area (Å²) in [5, 5.41) is 4.49. The minimum absolute atomic E-state index is 0.586. The molecule has 0 saturated heterocycles. The van der Waals surface area contributed by atoms with Gasteiger partial charge in [-0.1, -0.05) is 33.1 Å². The first-order valence-electron chi connectivity index (χ1n) is 11.3. The summed E-state index contributed by atoms with van der Waals surface area (Å²) in [5.41, 5.74) is 7.72. The van der Waals surface area contributed by atoms with E-state index in [0.29, 0.717) is 12.0 Å². The van der Waals surface area contributed by atoms with Gasteiger partial charge in [-0.2, -0.15) is 4.98 Å². The molecule has 4 rings (SSSR count). The highest BCUT2D eigenvalue weighted by Gasteiger charge is 2.19. The third-order valence-corrected chi connectivity index (χ3v) is 5.65. The fourth-order valence-corrected chi connectivity index (χ4v) is 4.27. The molecule has 31 heavy (non-hydrogen) atoms. The number of rotatable bonds is 8. The lowest BCUT2D eigenvalue weighted by atomic mass is 10.2. The second-order valence-electron chi connectivity index (χ2n) is 7.96. The van der Waals surface area contributed by atoms with Gasteiger partial charge in [0.15, 0.2) is 0 Å². The Labute approximate surface area is 185 Å². The molecular formula is C25H34N6. The van der Waals surface area contributed by atoms with E-state index < -0.39 is 0 Å². The summed E-state index contributed by atoms with van der Waals surface area (Å²) in [7, 11) is 0. The maximum Gasteiger partial charge on any atom is 0.229 e. The van der Waals surface area contributed by atoms with Crippen LogP contribution in [0.4, 0.5) is 17.3 Å². The number of nitrogens with one attached hydrogen (secondary N) is 1. The third kappa shape index (κ3) is 5.69. The third-order valence-electron chi connectivity index (χ3n) is 5.65. The molecule has 0 aliphatic heterocycles. The SMILES string of the molecule is C#CN.CCCN(CCC)c1ccc(Nc2ncc3ccn(C4CCCC4)c3n2)cc1. The Morgan fingerprint density at radius 3 is 2.39 bits per heavy atom. The van der Waals surface area contributed by atoms with E-state index >= 15 is 0 Å². The summed E-state index contributed by atoms with van der Waals surface area (Å²) in [5.74, 6) is 0.664. The zero-order chi connectivity index (χ0) is 22.1. The first-order valence-corrected chi connectivity index (χ1v) is 11.3. The van der Waals surface area contributed by atoms with Gasteiger partial charge in [0.25, 0.3) is 0 Å². The van der Waals surface area contributed by atoms with Crippen LogP contribution in [0.2, 0.25) is 0 Å². The van der Waals surface area contributed by atoms with Crippen LogP contribution in [0, 0.1) is 12.5 Å². The van der Waals surface area contributed by atoms with E-state index in [1.54, 1.807) is 6.04 Å².